The second-order valence-electron chi connectivity index (χ2n) is 9.74. The molecule has 0 amide bonds. The van der Waals surface area contributed by atoms with Crippen LogP contribution < -0.4 is 25.6 Å². The lowest BCUT2D eigenvalue weighted by Gasteiger charge is -2.51. The minimum Gasteiger partial charge on any atom is -0.507 e. The van der Waals surface area contributed by atoms with Crippen LogP contribution in [0.2, 0.25) is 0 Å². The number of aromatic nitrogens is 2. The van der Waals surface area contributed by atoms with Gasteiger partial charge >= 0.3 is 0 Å². The molecule has 36 heavy (non-hydrogen) atoms. The van der Waals surface area contributed by atoms with Gasteiger partial charge in [-0.1, -0.05) is 18.2 Å². The van der Waals surface area contributed by atoms with Gasteiger partial charge in [0, 0.05) is 30.4 Å². The van der Waals surface area contributed by atoms with E-state index in [1.807, 2.05) is 18.2 Å². The number of nitrogens with one attached hydrogen (secondary N) is 1. The molecule has 188 valence electrons. The van der Waals surface area contributed by atoms with Crippen LogP contribution in [0.5, 0.6) is 11.5 Å². The molecule has 2 atom stereocenters. The van der Waals surface area contributed by atoms with Crippen LogP contribution >= 0.6 is 0 Å². The van der Waals surface area contributed by atoms with Gasteiger partial charge in [0.1, 0.15) is 17.6 Å². The molecule has 0 spiro atoms. The number of ether oxygens (including phenoxy) is 2. The minimum absolute atomic E-state index is 0.160. The van der Waals surface area contributed by atoms with Gasteiger partial charge in [0.05, 0.1) is 36.7 Å². The summed E-state index contributed by atoms with van der Waals surface area (Å²) in [6, 6.07) is 17.9. The molecule has 2 bridgehead atoms. The fraction of sp³-hybridized carbons (Fsp3) is 0.407. The number of hydrogen-bond donors (Lipinski definition) is 3. The van der Waals surface area contributed by atoms with E-state index >= 15 is 0 Å². The lowest BCUT2D eigenvalue weighted by atomic mass is 10.0. The molecule has 6 rings (SSSR count). The Morgan fingerprint density at radius 2 is 1.75 bits per heavy atom. The van der Waals surface area contributed by atoms with E-state index in [0.717, 1.165) is 56.1 Å². The highest BCUT2D eigenvalue weighted by atomic mass is 16.5. The van der Waals surface area contributed by atoms with E-state index in [1.54, 1.807) is 12.1 Å². The van der Waals surface area contributed by atoms with Crippen molar-refractivity contribution in [3.05, 3.63) is 54.6 Å². The number of aromatic hydroxyl groups is 1. The lowest BCUT2D eigenvalue weighted by Crippen LogP contribution is -2.65. The van der Waals surface area contributed by atoms with Gasteiger partial charge in [-0.15, -0.1) is 10.2 Å². The van der Waals surface area contributed by atoms with Crippen molar-refractivity contribution in [2.75, 3.05) is 54.9 Å². The number of piperazine rings is 1. The molecule has 3 saturated heterocycles. The number of nitrogens with zero attached hydrogens (tertiary/aromatic N) is 4. The molecule has 9 nitrogen and oxygen atoms in total. The number of para-hydroxylation sites is 1. The second kappa shape index (κ2) is 9.83. The third-order valence-electron chi connectivity index (χ3n) is 7.30. The number of phenolic OH excluding ortho intramolecular Hbond substituents is 1. The maximum Gasteiger partial charge on any atom is 0.169 e. The highest BCUT2D eigenvalue weighted by Gasteiger charge is 2.39. The average Bonchev–Trinajstić information content (AvgIpc) is 2.89. The third-order valence-corrected chi connectivity index (χ3v) is 7.30. The molecule has 1 aromatic heterocycles. The number of nitrogens with two attached hydrogens (primary N) is 1. The van der Waals surface area contributed by atoms with Gasteiger partial charge in [-0.05, 0) is 56.3 Å². The van der Waals surface area contributed by atoms with Crippen molar-refractivity contribution in [1.82, 2.24) is 15.5 Å². The predicted octanol–water partition coefficient (Wildman–Crippen LogP) is 2.66. The summed E-state index contributed by atoms with van der Waals surface area (Å²) in [6.07, 6.45) is 2.33. The normalized spacial score (nSPS) is 22.4. The second-order valence-corrected chi connectivity index (χ2v) is 9.74. The Morgan fingerprint density at radius 3 is 2.53 bits per heavy atom. The number of anilines is 3. The first-order chi connectivity index (χ1) is 17.7. The largest absolute Gasteiger partial charge is 0.507 e. The Balaban J connectivity index is 1.24. The van der Waals surface area contributed by atoms with Crippen LogP contribution in [-0.4, -0.2) is 72.9 Å². The van der Waals surface area contributed by atoms with Gasteiger partial charge in [-0.2, -0.15) is 0 Å². The Labute approximate surface area is 210 Å². The Bertz CT molecular complexity index is 1200. The molecule has 3 aromatic rings. The molecule has 0 aliphatic carbocycles. The molecule has 9 heteroatoms. The minimum atomic E-state index is 0.160. The maximum absolute atomic E-state index is 10.3. The Morgan fingerprint density at radius 1 is 0.972 bits per heavy atom. The molecule has 3 aliphatic heterocycles. The first kappa shape index (κ1) is 22.9. The number of morpholine rings is 1. The van der Waals surface area contributed by atoms with E-state index in [2.05, 4.69) is 49.6 Å². The van der Waals surface area contributed by atoms with Crippen LogP contribution in [0.1, 0.15) is 12.8 Å². The van der Waals surface area contributed by atoms with Crippen LogP contribution in [0, 0.1) is 0 Å². The number of hydrogen-bond acceptors (Lipinski definition) is 9. The SMILES string of the molecule is Nc1nnc(-c2ccccc2O)cc1N1CC2COCC(C1)N2c1cccc(OC2CCNCC2)c1. The molecule has 4 heterocycles. The van der Waals surface area contributed by atoms with Crippen molar-refractivity contribution in [3.63, 3.8) is 0 Å². The molecular formula is C27H32N6O3. The lowest BCUT2D eigenvalue weighted by molar-refractivity contribution is 0.0588. The van der Waals surface area contributed by atoms with E-state index < -0.39 is 0 Å². The van der Waals surface area contributed by atoms with E-state index in [4.69, 9.17) is 15.2 Å². The van der Waals surface area contributed by atoms with E-state index in [1.165, 1.54) is 0 Å². The standard InChI is InChI=1S/C27H32N6O3/c28-27-25(13-24(30-31-27)23-6-1-2-7-26(23)34)32-14-19-16-35-17-20(15-32)33(19)18-4-3-5-22(12-18)36-21-8-10-29-11-9-21/h1-7,12-13,19-21,29,34H,8-11,14-17H2,(H2,28,31). The van der Waals surface area contributed by atoms with Gasteiger partial charge in [0.2, 0.25) is 0 Å². The number of rotatable bonds is 5. The highest BCUT2D eigenvalue weighted by molar-refractivity contribution is 5.74. The number of piperidine rings is 1. The summed E-state index contributed by atoms with van der Waals surface area (Å²) >= 11 is 0. The van der Waals surface area contributed by atoms with E-state index in [-0.39, 0.29) is 23.9 Å². The average molecular weight is 489 g/mol. The summed E-state index contributed by atoms with van der Waals surface area (Å²) in [5, 5.41) is 22.2. The van der Waals surface area contributed by atoms with Crippen molar-refractivity contribution in [2.24, 2.45) is 0 Å². The van der Waals surface area contributed by atoms with Crippen molar-refractivity contribution in [2.45, 2.75) is 31.0 Å². The molecule has 2 aromatic carbocycles. The molecule has 2 unspecified atom stereocenters. The van der Waals surface area contributed by atoms with Gasteiger partial charge in [0.25, 0.3) is 0 Å². The zero-order valence-electron chi connectivity index (χ0n) is 20.2. The highest BCUT2D eigenvalue weighted by Crippen LogP contribution is 2.36. The fourth-order valence-corrected chi connectivity index (χ4v) is 5.57. The summed E-state index contributed by atoms with van der Waals surface area (Å²) < 4.78 is 12.3. The fourth-order valence-electron chi connectivity index (χ4n) is 5.57. The smallest absolute Gasteiger partial charge is 0.169 e. The summed E-state index contributed by atoms with van der Waals surface area (Å²) in [5.41, 5.74) is 9.53. The molecule has 0 radical (unpaired) electrons. The molecule has 3 fully saturated rings. The molecule has 4 N–H and O–H groups in total. The van der Waals surface area contributed by atoms with Crippen LogP contribution in [0.3, 0.4) is 0 Å². The Kier molecular flexibility index (Phi) is 6.25. The first-order valence-electron chi connectivity index (χ1n) is 12.7. The number of benzene rings is 2. The van der Waals surface area contributed by atoms with Gasteiger partial charge in [-0.3, -0.25) is 0 Å². The van der Waals surface area contributed by atoms with Gasteiger partial charge in [-0.25, -0.2) is 0 Å². The zero-order chi connectivity index (χ0) is 24.5. The maximum atomic E-state index is 10.3. The van der Waals surface area contributed by atoms with E-state index in [0.29, 0.717) is 30.3 Å². The number of nitrogen functional groups attached to an aromatic ring is 1. The first-order valence-corrected chi connectivity index (χ1v) is 12.7. The van der Waals surface area contributed by atoms with E-state index in [9.17, 15) is 5.11 Å². The number of phenols is 1. The van der Waals surface area contributed by atoms with Gasteiger partial charge < -0.3 is 35.4 Å². The summed E-state index contributed by atoms with van der Waals surface area (Å²) in [6.45, 7) is 4.77. The third kappa shape index (κ3) is 4.52. The number of fused-ring (bicyclic) bond motifs is 2. The van der Waals surface area contributed by atoms with Crippen molar-refractivity contribution in [3.8, 4) is 22.8 Å². The monoisotopic (exact) mass is 488 g/mol. The van der Waals surface area contributed by atoms with Crippen LogP contribution in [-0.2, 0) is 4.74 Å². The van der Waals surface area contributed by atoms with Crippen molar-refractivity contribution < 1.29 is 14.6 Å². The van der Waals surface area contributed by atoms with Crippen molar-refractivity contribution in [1.29, 1.82) is 0 Å². The summed E-state index contributed by atoms with van der Waals surface area (Å²) in [4.78, 5) is 4.75. The predicted molar refractivity (Wildman–Crippen MR) is 140 cm³/mol. The van der Waals surface area contributed by atoms with Crippen LogP contribution in [0.25, 0.3) is 11.3 Å². The topological polar surface area (TPSA) is 109 Å². The van der Waals surface area contributed by atoms with Crippen LogP contribution in [0.15, 0.2) is 54.6 Å². The summed E-state index contributed by atoms with van der Waals surface area (Å²) in [7, 11) is 0. The molecular weight excluding hydrogens is 456 g/mol. The van der Waals surface area contributed by atoms with Crippen molar-refractivity contribution >= 4 is 17.2 Å². The quantitative estimate of drug-likeness (QED) is 0.499. The molecule has 3 aliphatic rings. The summed E-state index contributed by atoms with van der Waals surface area (Å²) in [5.74, 6) is 1.49. The molecule has 0 saturated carbocycles. The Hall–Kier alpha value is -3.56. The zero-order valence-corrected chi connectivity index (χ0v) is 20.2. The van der Waals surface area contributed by atoms with Crippen LogP contribution in [0.4, 0.5) is 17.2 Å². The van der Waals surface area contributed by atoms with Gasteiger partial charge in [0.15, 0.2) is 5.82 Å².